The number of aromatic nitrogens is 2. The van der Waals surface area contributed by atoms with Gasteiger partial charge in [0.15, 0.2) is 5.96 Å². The number of ether oxygens (including phenoxy) is 1. The third-order valence-corrected chi connectivity index (χ3v) is 3.00. The molecule has 1 aromatic heterocycles. The van der Waals surface area contributed by atoms with Crippen molar-refractivity contribution in [2.24, 2.45) is 16.5 Å². The van der Waals surface area contributed by atoms with E-state index in [4.69, 9.17) is 16.2 Å². The van der Waals surface area contributed by atoms with Gasteiger partial charge in [-0.25, -0.2) is 4.98 Å². The third kappa shape index (κ3) is 4.83. The van der Waals surface area contributed by atoms with Gasteiger partial charge in [-0.15, -0.1) is 0 Å². The average Bonchev–Trinajstić information content (AvgIpc) is 3.00. The Hall–Kier alpha value is -2.50. The van der Waals surface area contributed by atoms with Gasteiger partial charge < -0.3 is 20.8 Å². The number of hydrogen-bond acceptors (Lipinski definition) is 3. The van der Waals surface area contributed by atoms with Crippen LogP contribution in [0.1, 0.15) is 19.3 Å². The zero-order valence-corrected chi connectivity index (χ0v) is 12.0. The van der Waals surface area contributed by atoms with Gasteiger partial charge in [-0.2, -0.15) is 0 Å². The van der Waals surface area contributed by atoms with E-state index in [2.05, 4.69) is 9.98 Å². The minimum atomic E-state index is 0.153. The highest BCUT2D eigenvalue weighted by atomic mass is 16.5. The summed E-state index contributed by atoms with van der Waals surface area (Å²) in [5, 5.41) is 0. The monoisotopic (exact) mass is 287 g/mol. The molecular formula is C15H21N5O. The molecule has 1 aromatic carbocycles. The van der Waals surface area contributed by atoms with Gasteiger partial charge in [0.25, 0.3) is 0 Å². The first-order valence-corrected chi connectivity index (χ1v) is 7.03. The van der Waals surface area contributed by atoms with E-state index in [-0.39, 0.29) is 5.96 Å². The summed E-state index contributed by atoms with van der Waals surface area (Å²) in [5.41, 5.74) is 11.5. The third-order valence-electron chi connectivity index (χ3n) is 3.00. The smallest absolute Gasteiger partial charge is 0.185 e. The molecule has 0 saturated carbocycles. The van der Waals surface area contributed by atoms with Crippen molar-refractivity contribution in [1.82, 2.24) is 9.55 Å². The summed E-state index contributed by atoms with van der Waals surface area (Å²) < 4.78 is 7.79. The summed E-state index contributed by atoms with van der Waals surface area (Å²) >= 11 is 0. The van der Waals surface area contributed by atoms with Crippen LogP contribution in [0.2, 0.25) is 0 Å². The van der Waals surface area contributed by atoms with Gasteiger partial charge in [-0.05, 0) is 31.4 Å². The van der Waals surface area contributed by atoms with Gasteiger partial charge in [-0.3, -0.25) is 4.99 Å². The van der Waals surface area contributed by atoms with E-state index in [1.807, 2.05) is 35.0 Å². The first kappa shape index (κ1) is 14.9. The van der Waals surface area contributed by atoms with Crippen molar-refractivity contribution in [2.75, 3.05) is 13.2 Å². The second kappa shape index (κ2) is 7.94. The van der Waals surface area contributed by atoms with E-state index < -0.39 is 0 Å². The number of para-hydroxylation sites is 2. The van der Waals surface area contributed by atoms with Crippen LogP contribution in [0.15, 0.2) is 48.0 Å². The van der Waals surface area contributed by atoms with Crippen molar-refractivity contribution in [3.63, 3.8) is 0 Å². The molecule has 0 spiro atoms. The largest absolute Gasteiger partial charge is 0.491 e. The summed E-state index contributed by atoms with van der Waals surface area (Å²) in [7, 11) is 0. The van der Waals surface area contributed by atoms with Crippen LogP contribution in [0, 0.1) is 0 Å². The maximum absolute atomic E-state index is 5.85. The van der Waals surface area contributed by atoms with E-state index in [9.17, 15) is 0 Å². The lowest BCUT2D eigenvalue weighted by atomic mass is 10.2. The number of unbranched alkanes of at least 4 members (excludes halogenated alkanes) is 2. The van der Waals surface area contributed by atoms with E-state index in [1.54, 1.807) is 12.5 Å². The molecule has 1 heterocycles. The lowest BCUT2D eigenvalue weighted by Gasteiger charge is -2.11. The zero-order chi connectivity index (χ0) is 14.9. The predicted octanol–water partition coefficient (Wildman–Crippen LogP) is 1.69. The van der Waals surface area contributed by atoms with Gasteiger partial charge in [0.2, 0.25) is 0 Å². The quantitative estimate of drug-likeness (QED) is 0.439. The number of imidazole rings is 1. The molecular weight excluding hydrogens is 266 g/mol. The standard InChI is InChI=1S/C15H21N5O/c16-15(17)19-8-4-1-5-11-21-14-7-3-2-6-13(14)20-10-9-18-12-20/h2-3,6-7,9-10,12H,1,4-5,8,11H2,(H4,16,17,19). The van der Waals surface area contributed by atoms with Crippen LogP contribution in [0.25, 0.3) is 5.69 Å². The number of benzene rings is 1. The normalized spacial score (nSPS) is 10.3. The Kier molecular flexibility index (Phi) is 5.63. The second-order valence-corrected chi connectivity index (χ2v) is 4.65. The molecule has 0 aliphatic rings. The van der Waals surface area contributed by atoms with Crippen LogP contribution in [-0.4, -0.2) is 28.7 Å². The van der Waals surface area contributed by atoms with Crippen LogP contribution >= 0.6 is 0 Å². The van der Waals surface area contributed by atoms with Crippen LogP contribution < -0.4 is 16.2 Å². The fourth-order valence-corrected chi connectivity index (χ4v) is 1.98. The minimum absolute atomic E-state index is 0.153. The molecule has 0 unspecified atom stereocenters. The summed E-state index contributed by atoms with van der Waals surface area (Å²) in [5.74, 6) is 1.01. The minimum Gasteiger partial charge on any atom is -0.491 e. The van der Waals surface area contributed by atoms with Crippen LogP contribution in [-0.2, 0) is 0 Å². The van der Waals surface area contributed by atoms with Crippen LogP contribution in [0.4, 0.5) is 0 Å². The number of nitrogens with zero attached hydrogens (tertiary/aromatic N) is 3. The summed E-state index contributed by atoms with van der Waals surface area (Å²) in [6.07, 6.45) is 8.38. The molecule has 0 aliphatic carbocycles. The molecule has 6 heteroatoms. The van der Waals surface area contributed by atoms with Crippen molar-refractivity contribution < 1.29 is 4.74 Å². The molecule has 0 atom stereocenters. The highest BCUT2D eigenvalue weighted by molar-refractivity contribution is 5.75. The summed E-state index contributed by atoms with van der Waals surface area (Å²) in [6.45, 7) is 1.35. The van der Waals surface area contributed by atoms with Crippen molar-refractivity contribution in [3.05, 3.63) is 43.0 Å². The highest BCUT2D eigenvalue weighted by Gasteiger charge is 2.04. The Morgan fingerprint density at radius 2 is 2.05 bits per heavy atom. The first-order valence-electron chi connectivity index (χ1n) is 7.03. The summed E-state index contributed by atoms with van der Waals surface area (Å²) in [4.78, 5) is 8.01. The maximum Gasteiger partial charge on any atom is 0.185 e. The average molecular weight is 287 g/mol. The molecule has 21 heavy (non-hydrogen) atoms. The van der Waals surface area contributed by atoms with Crippen molar-refractivity contribution >= 4 is 5.96 Å². The van der Waals surface area contributed by atoms with Crippen molar-refractivity contribution in [3.8, 4) is 11.4 Å². The van der Waals surface area contributed by atoms with Gasteiger partial charge in [0.05, 0.1) is 18.6 Å². The van der Waals surface area contributed by atoms with Gasteiger partial charge in [0.1, 0.15) is 5.75 Å². The van der Waals surface area contributed by atoms with Crippen molar-refractivity contribution in [2.45, 2.75) is 19.3 Å². The van der Waals surface area contributed by atoms with Crippen molar-refractivity contribution in [1.29, 1.82) is 0 Å². The van der Waals surface area contributed by atoms with Gasteiger partial charge in [-0.1, -0.05) is 12.1 Å². The molecule has 0 fully saturated rings. The molecule has 0 amide bonds. The Bertz CT molecular complexity index is 561. The fourth-order valence-electron chi connectivity index (χ4n) is 1.98. The number of nitrogens with two attached hydrogens (primary N) is 2. The highest BCUT2D eigenvalue weighted by Crippen LogP contribution is 2.22. The molecule has 2 aromatic rings. The predicted molar refractivity (Wildman–Crippen MR) is 83.6 cm³/mol. The molecule has 4 N–H and O–H groups in total. The topological polar surface area (TPSA) is 91.5 Å². The molecule has 0 radical (unpaired) electrons. The molecule has 0 aliphatic heterocycles. The molecule has 6 nitrogen and oxygen atoms in total. The number of aliphatic imine (C=N–C) groups is 1. The van der Waals surface area contributed by atoms with E-state index in [0.29, 0.717) is 13.2 Å². The molecule has 112 valence electrons. The van der Waals surface area contributed by atoms with Crippen LogP contribution in [0.5, 0.6) is 5.75 Å². The summed E-state index contributed by atoms with van der Waals surface area (Å²) in [6, 6.07) is 7.93. The fraction of sp³-hybridized carbons (Fsp3) is 0.333. The molecule has 0 bridgehead atoms. The first-order chi connectivity index (χ1) is 10.3. The van der Waals surface area contributed by atoms with Crippen LogP contribution in [0.3, 0.4) is 0 Å². The number of rotatable bonds is 8. The molecule has 0 saturated heterocycles. The number of hydrogen-bond donors (Lipinski definition) is 2. The number of guanidine groups is 1. The van der Waals surface area contributed by atoms with Gasteiger partial charge >= 0.3 is 0 Å². The Labute approximate surface area is 124 Å². The Morgan fingerprint density at radius 3 is 2.81 bits per heavy atom. The van der Waals surface area contributed by atoms with E-state index in [1.165, 1.54) is 0 Å². The lowest BCUT2D eigenvalue weighted by Crippen LogP contribution is -2.22. The maximum atomic E-state index is 5.85. The Morgan fingerprint density at radius 1 is 1.19 bits per heavy atom. The van der Waals surface area contributed by atoms with E-state index >= 15 is 0 Å². The molecule has 2 rings (SSSR count). The van der Waals surface area contributed by atoms with E-state index in [0.717, 1.165) is 30.7 Å². The SMILES string of the molecule is NC(N)=NCCCCCOc1ccccc1-n1ccnc1. The zero-order valence-electron chi connectivity index (χ0n) is 12.0. The Balaban J connectivity index is 1.78. The lowest BCUT2D eigenvalue weighted by molar-refractivity contribution is 0.305. The van der Waals surface area contributed by atoms with Gasteiger partial charge in [0, 0.05) is 18.9 Å². The second-order valence-electron chi connectivity index (χ2n) is 4.65.